The lowest BCUT2D eigenvalue weighted by atomic mass is 9.67. The van der Waals surface area contributed by atoms with Gasteiger partial charge in [-0.25, -0.2) is 4.79 Å². The van der Waals surface area contributed by atoms with E-state index in [1.165, 1.54) is 12.8 Å². The first kappa shape index (κ1) is 17.2. The van der Waals surface area contributed by atoms with Gasteiger partial charge in [0.1, 0.15) is 0 Å². The zero-order valence-corrected chi connectivity index (χ0v) is 15.3. The van der Waals surface area contributed by atoms with Gasteiger partial charge in [0.15, 0.2) is 5.78 Å². The number of ether oxygens (including phenoxy) is 1. The first-order valence-electron chi connectivity index (χ1n) is 9.25. The van der Waals surface area contributed by atoms with Crippen LogP contribution in [0.25, 0.3) is 0 Å². The number of hydrogen-bond donors (Lipinski definition) is 1. The fraction of sp³-hybridized carbons (Fsp3) is 0.700. The lowest BCUT2D eigenvalue weighted by Crippen LogP contribution is -2.41. The largest absolute Gasteiger partial charge is 0.463 e. The Hall–Kier alpha value is -1.58. The second-order valence-electron chi connectivity index (χ2n) is 8.24. The highest BCUT2D eigenvalue weighted by Gasteiger charge is 2.45. The molecule has 0 bridgehead atoms. The summed E-state index contributed by atoms with van der Waals surface area (Å²) in [5, 5.41) is 3.38. The quantitative estimate of drug-likeness (QED) is 0.798. The molecule has 24 heavy (non-hydrogen) atoms. The van der Waals surface area contributed by atoms with Crippen LogP contribution in [0.4, 0.5) is 0 Å². The highest BCUT2D eigenvalue weighted by Crippen LogP contribution is 2.48. The minimum atomic E-state index is -0.261. The monoisotopic (exact) mass is 331 g/mol. The molecule has 3 rings (SSSR count). The van der Waals surface area contributed by atoms with Crippen LogP contribution in [0.2, 0.25) is 0 Å². The molecule has 1 atom stereocenters. The minimum Gasteiger partial charge on any atom is -0.463 e. The van der Waals surface area contributed by atoms with Gasteiger partial charge in [0.05, 0.1) is 12.2 Å². The van der Waals surface area contributed by atoms with E-state index in [1.54, 1.807) is 0 Å². The molecule has 1 fully saturated rings. The number of rotatable bonds is 3. The van der Waals surface area contributed by atoms with Crippen LogP contribution in [0.1, 0.15) is 66.2 Å². The average molecular weight is 331 g/mol. The summed E-state index contributed by atoms with van der Waals surface area (Å²) in [6, 6.07) is 0. The van der Waals surface area contributed by atoms with Gasteiger partial charge in [-0.1, -0.05) is 26.7 Å². The molecule has 2 aliphatic carbocycles. The lowest BCUT2D eigenvalue weighted by molar-refractivity contribution is -0.139. The topological polar surface area (TPSA) is 55.4 Å². The van der Waals surface area contributed by atoms with E-state index in [9.17, 15) is 9.59 Å². The van der Waals surface area contributed by atoms with Crippen molar-refractivity contribution in [3.05, 3.63) is 22.5 Å². The van der Waals surface area contributed by atoms with Crippen molar-refractivity contribution >= 4 is 11.8 Å². The lowest BCUT2D eigenvalue weighted by Gasteiger charge is -2.41. The predicted molar refractivity (Wildman–Crippen MR) is 93.0 cm³/mol. The molecule has 1 saturated carbocycles. The molecule has 3 aliphatic rings. The number of Topliss-reactive ketones (excluding diaryl/α,β-unsaturated/α-hetero) is 1. The maximum Gasteiger partial charge on any atom is 0.336 e. The molecule has 0 amide bonds. The number of dihydropyridines is 1. The highest BCUT2D eigenvalue weighted by atomic mass is 16.5. The normalized spacial score (nSPS) is 27.2. The van der Waals surface area contributed by atoms with Crippen LogP contribution in [-0.4, -0.2) is 18.4 Å². The van der Waals surface area contributed by atoms with Gasteiger partial charge in [-0.15, -0.1) is 0 Å². The van der Waals surface area contributed by atoms with E-state index >= 15 is 0 Å². The maximum absolute atomic E-state index is 13.0. The van der Waals surface area contributed by atoms with E-state index in [-0.39, 0.29) is 23.1 Å². The van der Waals surface area contributed by atoms with Gasteiger partial charge in [0, 0.05) is 29.3 Å². The molecule has 0 aromatic heterocycles. The van der Waals surface area contributed by atoms with Gasteiger partial charge in [-0.05, 0) is 44.4 Å². The van der Waals surface area contributed by atoms with Crippen LogP contribution in [-0.2, 0) is 14.3 Å². The fourth-order valence-electron chi connectivity index (χ4n) is 4.73. The molecule has 0 spiro atoms. The molecule has 0 saturated heterocycles. The standard InChI is InChI=1S/C20H29NO3/c1-5-24-19(23)16-12(2)21-14-10-20(3,4)11-15(22)18(14)17(16)13-8-6-7-9-13/h13,17,21H,5-11H2,1-4H3. The third-order valence-electron chi connectivity index (χ3n) is 5.65. The molecule has 1 heterocycles. The number of nitrogens with one attached hydrogen (secondary N) is 1. The van der Waals surface area contributed by atoms with E-state index in [0.29, 0.717) is 24.5 Å². The smallest absolute Gasteiger partial charge is 0.336 e. The highest BCUT2D eigenvalue weighted by molar-refractivity contribution is 6.02. The Labute approximate surface area is 144 Å². The molecule has 0 aromatic carbocycles. The van der Waals surface area contributed by atoms with Crippen molar-refractivity contribution in [1.82, 2.24) is 5.32 Å². The van der Waals surface area contributed by atoms with E-state index in [0.717, 1.165) is 36.2 Å². The van der Waals surface area contributed by atoms with Crippen molar-refractivity contribution in [2.24, 2.45) is 17.3 Å². The third kappa shape index (κ3) is 3.03. The van der Waals surface area contributed by atoms with Crippen molar-refractivity contribution in [1.29, 1.82) is 0 Å². The molecule has 1 unspecified atom stereocenters. The van der Waals surface area contributed by atoms with Crippen LogP contribution in [0.15, 0.2) is 22.5 Å². The molecular formula is C20H29NO3. The Morgan fingerprint density at radius 3 is 2.54 bits per heavy atom. The zero-order chi connectivity index (χ0) is 17.5. The summed E-state index contributed by atoms with van der Waals surface area (Å²) in [5.41, 5.74) is 3.45. The molecule has 132 valence electrons. The molecular weight excluding hydrogens is 302 g/mol. The van der Waals surface area contributed by atoms with Crippen LogP contribution in [0.3, 0.4) is 0 Å². The summed E-state index contributed by atoms with van der Waals surface area (Å²) < 4.78 is 5.33. The summed E-state index contributed by atoms with van der Waals surface area (Å²) in [6.45, 7) is 8.42. The van der Waals surface area contributed by atoms with Crippen molar-refractivity contribution in [2.45, 2.75) is 66.2 Å². The number of ketones is 1. The van der Waals surface area contributed by atoms with Crippen LogP contribution < -0.4 is 5.32 Å². The van der Waals surface area contributed by atoms with E-state index < -0.39 is 0 Å². The Morgan fingerprint density at radius 1 is 1.25 bits per heavy atom. The SMILES string of the molecule is CCOC(=O)C1=C(C)NC2=C(C(=O)CC(C)(C)C2)C1C1CCCC1. The Morgan fingerprint density at radius 2 is 1.92 bits per heavy atom. The van der Waals surface area contributed by atoms with Crippen molar-refractivity contribution in [3.8, 4) is 0 Å². The van der Waals surface area contributed by atoms with Gasteiger partial charge >= 0.3 is 5.97 Å². The maximum atomic E-state index is 13.0. The second kappa shape index (κ2) is 6.38. The predicted octanol–water partition coefficient (Wildman–Crippen LogP) is 3.88. The number of allylic oxidation sites excluding steroid dienone is 3. The van der Waals surface area contributed by atoms with E-state index in [1.807, 2.05) is 13.8 Å². The Balaban J connectivity index is 2.05. The molecule has 1 N–H and O–H groups in total. The Bertz CT molecular complexity index is 621. The summed E-state index contributed by atoms with van der Waals surface area (Å²) in [4.78, 5) is 25.6. The number of esters is 1. The van der Waals surface area contributed by atoms with Gasteiger partial charge < -0.3 is 10.1 Å². The van der Waals surface area contributed by atoms with Gasteiger partial charge in [-0.2, -0.15) is 0 Å². The Kier molecular flexibility index (Phi) is 4.58. The molecule has 0 radical (unpaired) electrons. The van der Waals surface area contributed by atoms with Crippen molar-refractivity contribution < 1.29 is 14.3 Å². The fourth-order valence-corrected chi connectivity index (χ4v) is 4.73. The molecule has 4 heteroatoms. The number of carbonyl (C=O) groups is 2. The van der Waals surface area contributed by atoms with Gasteiger partial charge in [-0.3, -0.25) is 4.79 Å². The summed E-state index contributed by atoms with van der Waals surface area (Å²) in [7, 11) is 0. The van der Waals surface area contributed by atoms with Crippen LogP contribution >= 0.6 is 0 Å². The van der Waals surface area contributed by atoms with Crippen molar-refractivity contribution in [3.63, 3.8) is 0 Å². The molecule has 0 aromatic rings. The summed E-state index contributed by atoms with van der Waals surface area (Å²) in [6.07, 6.45) is 5.98. The summed E-state index contributed by atoms with van der Waals surface area (Å²) >= 11 is 0. The number of hydrogen-bond acceptors (Lipinski definition) is 4. The number of carbonyl (C=O) groups excluding carboxylic acids is 2. The minimum absolute atomic E-state index is 0.0230. The second-order valence-corrected chi connectivity index (χ2v) is 8.24. The summed E-state index contributed by atoms with van der Waals surface area (Å²) in [5.74, 6) is 0.256. The first-order chi connectivity index (χ1) is 11.3. The molecule has 4 nitrogen and oxygen atoms in total. The average Bonchev–Trinajstić information content (AvgIpc) is 2.98. The first-order valence-corrected chi connectivity index (χ1v) is 9.25. The third-order valence-corrected chi connectivity index (χ3v) is 5.65. The zero-order valence-electron chi connectivity index (χ0n) is 15.3. The van der Waals surface area contributed by atoms with Gasteiger partial charge in [0.2, 0.25) is 0 Å². The van der Waals surface area contributed by atoms with Crippen LogP contribution in [0, 0.1) is 17.3 Å². The van der Waals surface area contributed by atoms with Gasteiger partial charge in [0.25, 0.3) is 0 Å². The van der Waals surface area contributed by atoms with E-state index in [2.05, 4.69) is 19.2 Å². The van der Waals surface area contributed by atoms with Crippen molar-refractivity contribution in [2.75, 3.05) is 6.61 Å². The molecule has 1 aliphatic heterocycles. The van der Waals surface area contributed by atoms with Crippen LogP contribution in [0.5, 0.6) is 0 Å². The van der Waals surface area contributed by atoms with E-state index in [4.69, 9.17) is 4.74 Å².